The molecule has 0 heterocycles. The minimum absolute atomic E-state index is 0.627. The van der Waals surface area contributed by atoms with Gasteiger partial charge in [0.2, 0.25) is 0 Å². The fourth-order valence-corrected chi connectivity index (χ4v) is 2.39. The highest BCUT2D eigenvalue weighted by Crippen LogP contribution is 2.08. The van der Waals surface area contributed by atoms with E-state index < -0.39 is 0 Å². The zero-order valence-electron chi connectivity index (χ0n) is 15.0. The average molecular weight is 341 g/mol. The van der Waals surface area contributed by atoms with Gasteiger partial charge in [-0.2, -0.15) is 0 Å². The molecule has 0 aliphatic carbocycles. The maximum absolute atomic E-state index is 5.67. The van der Waals surface area contributed by atoms with Gasteiger partial charge in [-0.15, -0.1) is 0 Å². The summed E-state index contributed by atoms with van der Waals surface area (Å²) in [5.41, 5.74) is 2.37. The Balaban J connectivity index is 1.66. The maximum atomic E-state index is 5.67. The lowest BCUT2D eigenvalue weighted by molar-refractivity contribution is 0.185. The number of methoxy groups -OCH3 is 1. The van der Waals surface area contributed by atoms with E-state index in [9.17, 15) is 0 Å². The molecule has 0 saturated heterocycles. The Morgan fingerprint density at radius 1 is 1.00 bits per heavy atom. The predicted molar refractivity (Wildman–Crippen MR) is 102 cm³/mol. The van der Waals surface area contributed by atoms with E-state index in [4.69, 9.17) is 9.47 Å². The molecule has 0 aliphatic heterocycles. The number of hydrogen-bond donors (Lipinski definition) is 2. The van der Waals surface area contributed by atoms with Crippen LogP contribution in [0.1, 0.15) is 17.5 Å². The zero-order valence-corrected chi connectivity index (χ0v) is 15.0. The molecule has 0 radical (unpaired) electrons. The second kappa shape index (κ2) is 11.1. The minimum Gasteiger partial charge on any atom is -0.494 e. The van der Waals surface area contributed by atoms with Crippen molar-refractivity contribution in [3.05, 3.63) is 65.7 Å². The molecule has 0 fully saturated rings. The van der Waals surface area contributed by atoms with Crippen LogP contribution in [0.2, 0.25) is 0 Å². The van der Waals surface area contributed by atoms with Crippen LogP contribution < -0.4 is 15.4 Å². The number of hydrogen-bond acceptors (Lipinski definition) is 3. The summed E-state index contributed by atoms with van der Waals surface area (Å²) in [7, 11) is 3.48. The summed E-state index contributed by atoms with van der Waals surface area (Å²) in [5, 5.41) is 6.62. The molecule has 0 saturated carbocycles. The summed E-state index contributed by atoms with van der Waals surface area (Å²) in [6, 6.07) is 18.2. The van der Waals surface area contributed by atoms with Gasteiger partial charge in [0.15, 0.2) is 5.96 Å². The number of para-hydroxylation sites is 1. The van der Waals surface area contributed by atoms with Crippen LogP contribution in [0.25, 0.3) is 0 Å². The molecule has 0 spiro atoms. The Hall–Kier alpha value is -2.53. The van der Waals surface area contributed by atoms with Crippen molar-refractivity contribution in [3.63, 3.8) is 0 Å². The molecule has 0 unspecified atom stereocenters. The van der Waals surface area contributed by atoms with Gasteiger partial charge in [0, 0.05) is 27.2 Å². The number of aliphatic imine (C=N–C) groups is 1. The predicted octanol–water partition coefficient (Wildman–Crippen LogP) is 2.97. The summed E-state index contributed by atoms with van der Waals surface area (Å²) in [5.74, 6) is 1.69. The molecular weight excluding hydrogens is 314 g/mol. The van der Waals surface area contributed by atoms with E-state index in [2.05, 4.69) is 33.8 Å². The van der Waals surface area contributed by atoms with Gasteiger partial charge < -0.3 is 20.1 Å². The summed E-state index contributed by atoms with van der Waals surface area (Å²) in [6.45, 7) is 2.82. The van der Waals surface area contributed by atoms with Crippen LogP contribution in [-0.2, 0) is 17.9 Å². The number of rotatable bonds is 9. The van der Waals surface area contributed by atoms with Crippen LogP contribution in [0.5, 0.6) is 5.75 Å². The van der Waals surface area contributed by atoms with Crippen molar-refractivity contribution in [2.24, 2.45) is 4.99 Å². The Kier molecular flexibility index (Phi) is 8.35. The van der Waals surface area contributed by atoms with Crippen LogP contribution >= 0.6 is 0 Å². The van der Waals surface area contributed by atoms with Crippen molar-refractivity contribution in [2.45, 2.75) is 19.6 Å². The van der Waals surface area contributed by atoms with Crippen molar-refractivity contribution in [3.8, 4) is 5.75 Å². The fourth-order valence-electron chi connectivity index (χ4n) is 2.39. The van der Waals surface area contributed by atoms with Crippen molar-refractivity contribution < 1.29 is 9.47 Å². The normalized spacial score (nSPS) is 11.2. The molecular formula is C20H27N3O2. The SMILES string of the molecule is CN=C(NCCCOc1ccccc1)NCc1cccc(COC)c1. The summed E-state index contributed by atoms with van der Waals surface area (Å²) in [4.78, 5) is 4.25. The van der Waals surface area contributed by atoms with Gasteiger partial charge >= 0.3 is 0 Å². The molecule has 2 aromatic rings. The van der Waals surface area contributed by atoms with E-state index >= 15 is 0 Å². The Bertz CT molecular complexity index is 644. The lowest BCUT2D eigenvalue weighted by Gasteiger charge is -2.13. The van der Waals surface area contributed by atoms with E-state index in [1.807, 2.05) is 36.4 Å². The van der Waals surface area contributed by atoms with Crippen LogP contribution in [0.4, 0.5) is 0 Å². The highest BCUT2D eigenvalue weighted by atomic mass is 16.5. The molecule has 0 aliphatic rings. The first-order valence-corrected chi connectivity index (χ1v) is 8.51. The van der Waals surface area contributed by atoms with Crippen LogP contribution in [-0.4, -0.2) is 33.3 Å². The molecule has 134 valence electrons. The fraction of sp³-hybridized carbons (Fsp3) is 0.350. The summed E-state index contributed by atoms with van der Waals surface area (Å²) >= 11 is 0. The van der Waals surface area contributed by atoms with E-state index in [1.165, 1.54) is 11.1 Å². The number of guanidine groups is 1. The largest absolute Gasteiger partial charge is 0.494 e. The number of nitrogens with zero attached hydrogens (tertiary/aromatic N) is 1. The zero-order chi connectivity index (χ0) is 17.7. The Labute approximate surface area is 150 Å². The first-order chi connectivity index (χ1) is 12.3. The first kappa shape index (κ1) is 18.8. The highest BCUT2D eigenvalue weighted by molar-refractivity contribution is 5.79. The Morgan fingerprint density at radius 2 is 1.80 bits per heavy atom. The number of nitrogens with one attached hydrogen (secondary N) is 2. The summed E-state index contributed by atoms with van der Waals surface area (Å²) in [6.07, 6.45) is 0.902. The highest BCUT2D eigenvalue weighted by Gasteiger charge is 2.00. The smallest absolute Gasteiger partial charge is 0.191 e. The molecule has 5 nitrogen and oxygen atoms in total. The van der Waals surface area contributed by atoms with Crippen LogP contribution in [0, 0.1) is 0 Å². The van der Waals surface area contributed by atoms with Crippen LogP contribution in [0.15, 0.2) is 59.6 Å². The standard InChI is InChI=1S/C20H27N3O2/c1-21-20(22-12-7-13-25-19-10-4-3-5-11-19)23-15-17-8-6-9-18(14-17)16-24-2/h3-6,8-11,14H,7,12-13,15-16H2,1-2H3,(H2,21,22,23). The van der Waals surface area contributed by atoms with Crippen molar-refractivity contribution in [2.75, 3.05) is 27.3 Å². The topological polar surface area (TPSA) is 54.9 Å². The third-order valence-electron chi connectivity index (χ3n) is 3.61. The second-order valence-electron chi connectivity index (χ2n) is 5.62. The van der Waals surface area contributed by atoms with Gasteiger partial charge in [-0.25, -0.2) is 0 Å². The lowest BCUT2D eigenvalue weighted by atomic mass is 10.1. The molecule has 2 rings (SSSR count). The quantitative estimate of drug-likeness (QED) is 0.418. The summed E-state index contributed by atoms with van der Waals surface area (Å²) < 4.78 is 10.8. The number of benzene rings is 2. The van der Waals surface area contributed by atoms with E-state index in [1.54, 1.807) is 14.2 Å². The third-order valence-corrected chi connectivity index (χ3v) is 3.61. The molecule has 0 aromatic heterocycles. The van der Waals surface area contributed by atoms with E-state index in [0.29, 0.717) is 13.2 Å². The van der Waals surface area contributed by atoms with Crippen LogP contribution in [0.3, 0.4) is 0 Å². The first-order valence-electron chi connectivity index (χ1n) is 8.51. The molecule has 25 heavy (non-hydrogen) atoms. The maximum Gasteiger partial charge on any atom is 0.191 e. The molecule has 0 amide bonds. The average Bonchev–Trinajstić information content (AvgIpc) is 2.65. The van der Waals surface area contributed by atoms with Gasteiger partial charge in [0.05, 0.1) is 13.2 Å². The van der Waals surface area contributed by atoms with E-state index in [-0.39, 0.29) is 0 Å². The second-order valence-corrected chi connectivity index (χ2v) is 5.62. The number of ether oxygens (including phenoxy) is 2. The van der Waals surface area contributed by atoms with E-state index in [0.717, 1.165) is 31.2 Å². The molecule has 0 atom stereocenters. The molecule has 2 aromatic carbocycles. The van der Waals surface area contributed by atoms with Gasteiger partial charge in [-0.05, 0) is 29.7 Å². The Morgan fingerprint density at radius 3 is 2.56 bits per heavy atom. The van der Waals surface area contributed by atoms with Gasteiger partial charge in [0.1, 0.15) is 5.75 Å². The molecule has 0 bridgehead atoms. The van der Waals surface area contributed by atoms with Gasteiger partial charge in [0.25, 0.3) is 0 Å². The minimum atomic E-state index is 0.627. The van der Waals surface area contributed by atoms with Crippen molar-refractivity contribution >= 4 is 5.96 Å². The molecule has 5 heteroatoms. The third kappa shape index (κ3) is 7.27. The van der Waals surface area contributed by atoms with Crippen molar-refractivity contribution in [1.29, 1.82) is 0 Å². The molecule has 2 N–H and O–H groups in total. The lowest BCUT2D eigenvalue weighted by Crippen LogP contribution is -2.37. The monoisotopic (exact) mass is 341 g/mol. The van der Waals surface area contributed by atoms with Gasteiger partial charge in [-0.1, -0.05) is 42.5 Å². The van der Waals surface area contributed by atoms with Gasteiger partial charge in [-0.3, -0.25) is 4.99 Å². The van der Waals surface area contributed by atoms with Crippen molar-refractivity contribution in [1.82, 2.24) is 10.6 Å².